The number of rotatable bonds is 7. The van der Waals surface area contributed by atoms with Gasteiger partial charge in [0.2, 0.25) is 5.91 Å². The van der Waals surface area contributed by atoms with Crippen LogP contribution in [0.4, 0.5) is 11.4 Å². The quantitative estimate of drug-likeness (QED) is 0.440. The van der Waals surface area contributed by atoms with Crippen LogP contribution in [0.3, 0.4) is 0 Å². The fourth-order valence-electron chi connectivity index (χ4n) is 3.36. The van der Waals surface area contributed by atoms with E-state index in [2.05, 4.69) is 15.6 Å². The van der Waals surface area contributed by atoms with Gasteiger partial charge in [-0.1, -0.05) is 12.1 Å². The number of ether oxygens (including phenoxy) is 2. The molecule has 0 spiro atoms. The van der Waals surface area contributed by atoms with Gasteiger partial charge in [0, 0.05) is 30.9 Å². The number of aryl methyl sites for hydroxylation is 1. The molecule has 0 unspecified atom stereocenters. The number of benzene rings is 2. The van der Waals surface area contributed by atoms with Gasteiger partial charge in [-0.3, -0.25) is 9.59 Å². The molecule has 0 aliphatic heterocycles. The normalized spacial score (nSPS) is 10.6. The van der Waals surface area contributed by atoms with E-state index in [4.69, 9.17) is 9.47 Å². The van der Waals surface area contributed by atoms with Crippen molar-refractivity contribution in [2.24, 2.45) is 0 Å². The Balaban J connectivity index is 1.48. The van der Waals surface area contributed by atoms with E-state index in [0.717, 1.165) is 16.9 Å². The highest BCUT2D eigenvalue weighted by molar-refractivity contribution is 6.07. The van der Waals surface area contributed by atoms with Gasteiger partial charge in [0.15, 0.2) is 0 Å². The molecule has 2 amide bonds. The second kappa shape index (κ2) is 9.44. The average molecular weight is 444 g/mol. The van der Waals surface area contributed by atoms with Crippen LogP contribution < -0.4 is 20.1 Å². The first-order valence-corrected chi connectivity index (χ1v) is 10.4. The minimum Gasteiger partial charge on any atom is -0.497 e. The maximum absolute atomic E-state index is 12.9. The predicted molar refractivity (Wildman–Crippen MR) is 126 cm³/mol. The number of anilines is 2. The molecular weight excluding hydrogens is 420 g/mol. The van der Waals surface area contributed by atoms with Crippen molar-refractivity contribution in [1.82, 2.24) is 9.38 Å². The molecule has 168 valence electrons. The summed E-state index contributed by atoms with van der Waals surface area (Å²) in [4.78, 5) is 28.9. The van der Waals surface area contributed by atoms with E-state index in [1.54, 1.807) is 42.5 Å². The highest BCUT2D eigenvalue weighted by atomic mass is 16.5. The number of hydrogen-bond acceptors (Lipinski definition) is 5. The Bertz CT molecular complexity index is 1330. The first kappa shape index (κ1) is 21.9. The minimum absolute atomic E-state index is 0.242. The number of nitrogens with one attached hydrogen (secondary N) is 2. The smallest absolute Gasteiger partial charge is 0.255 e. The largest absolute Gasteiger partial charge is 0.497 e. The molecule has 4 aromatic rings. The van der Waals surface area contributed by atoms with Crippen LogP contribution in [0.2, 0.25) is 0 Å². The number of fused-ring (bicyclic) bond motifs is 1. The summed E-state index contributed by atoms with van der Waals surface area (Å²) >= 11 is 0. The number of hydrogen-bond donors (Lipinski definition) is 2. The number of nitrogens with zero attached hydrogens (tertiary/aromatic N) is 2. The number of aromatic nitrogens is 2. The third kappa shape index (κ3) is 5.30. The highest BCUT2D eigenvalue weighted by Crippen LogP contribution is 2.28. The van der Waals surface area contributed by atoms with Crippen LogP contribution in [0.1, 0.15) is 28.5 Å². The highest BCUT2D eigenvalue weighted by Gasteiger charge is 2.13. The molecule has 0 radical (unpaired) electrons. The minimum atomic E-state index is -0.344. The molecule has 2 N–H and O–H groups in total. The molecule has 33 heavy (non-hydrogen) atoms. The Morgan fingerprint density at radius 2 is 1.82 bits per heavy atom. The molecule has 8 nitrogen and oxygen atoms in total. The Hall–Kier alpha value is -4.33. The third-order valence-electron chi connectivity index (χ3n) is 4.92. The van der Waals surface area contributed by atoms with E-state index >= 15 is 0 Å². The van der Waals surface area contributed by atoms with Crippen molar-refractivity contribution in [1.29, 1.82) is 0 Å². The monoisotopic (exact) mass is 444 g/mol. The van der Waals surface area contributed by atoms with Crippen molar-refractivity contribution in [3.8, 4) is 11.5 Å². The number of methoxy groups -OCH3 is 1. The summed E-state index contributed by atoms with van der Waals surface area (Å²) < 4.78 is 13.1. The lowest BCUT2D eigenvalue weighted by Crippen LogP contribution is -2.15. The van der Waals surface area contributed by atoms with Crippen LogP contribution >= 0.6 is 0 Å². The molecule has 0 atom stereocenters. The number of carbonyl (C=O) groups is 2. The van der Waals surface area contributed by atoms with Gasteiger partial charge >= 0.3 is 0 Å². The first-order valence-electron chi connectivity index (χ1n) is 10.4. The molecule has 0 bridgehead atoms. The van der Waals surface area contributed by atoms with Gasteiger partial charge in [-0.25, -0.2) is 4.98 Å². The van der Waals surface area contributed by atoms with Crippen molar-refractivity contribution in [2.75, 3.05) is 17.7 Å². The Kier molecular flexibility index (Phi) is 6.26. The van der Waals surface area contributed by atoms with Crippen molar-refractivity contribution in [2.45, 2.75) is 20.5 Å². The molecule has 8 heteroatoms. The molecule has 0 aliphatic carbocycles. The zero-order chi connectivity index (χ0) is 23.4. The molecule has 0 fully saturated rings. The Morgan fingerprint density at radius 3 is 2.61 bits per heavy atom. The summed E-state index contributed by atoms with van der Waals surface area (Å²) in [6, 6.07) is 15.9. The van der Waals surface area contributed by atoms with E-state index in [0.29, 0.717) is 28.4 Å². The zero-order valence-corrected chi connectivity index (χ0v) is 18.6. The lowest BCUT2D eigenvalue weighted by atomic mass is 10.2. The van der Waals surface area contributed by atoms with E-state index in [-0.39, 0.29) is 18.4 Å². The van der Waals surface area contributed by atoms with E-state index in [1.165, 1.54) is 14.0 Å². The maximum Gasteiger partial charge on any atom is 0.255 e. The molecule has 0 saturated heterocycles. The molecule has 2 heterocycles. The summed E-state index contributed by atoms with van der Waals surface area (Å²) in [6.07, 6.45) is 3.93. The van der Waals surface area contributed by atoms with Crippen LogP contribution in [0, 0.1) is 6.92 Å². The topological polar surface area (TPSA) is 94.0 Å². The van der Waals surface area contributed by atoms with Gasteiger partial charge < -0.3 is 24.5 Å². The standard InChI is InChI=1S/C25H24N4O4/c1-16-7-10-24-27-19(14-29(24)13-16)15-33-21-6-4-5-18(11-21)25(31)28-23-12-20(32-3)8-9-22(23)26-17(2)30/h4-14H,15H2,1-3H3,(H,26,30)(H,28,31). The molecule has 2 aromatic carbocycles. The van der Waals surface area contributed by atoms with Gasteiger partial charge in [-0.05, 0) is 48.9 Å². The maximum atomic E-state index is 12.9. The van der Waals surface area contributed by atoms with Crippen LogP contribution in [0.25, 0.3) is 5.65 Å². The van der Waals surface area contributed by atoms with Gasteiger partial charge in [0.1, 0.15) is 23.8 Å². The predicted octanol–water partition coefficient (Wildman–Crippen LogP) is 4.44. The lowest BCUT2D eigenvalue weighted by Gasteiger charge is -2.13. The van der Waals surface area contributed by atoms with Crippen molar-refractivity contribution in [3.63, 3.8) is 0 Å². The fraction of sp³-hybridized carbons (Fsp3) is 0.160. The summed E-state index contributed by atoms with van der Waals surface area (Å²) in [6.45, 7) is 3.70. The van der Waals surface area contributed by atoms with Crippen molar-refractivity contribution in [3.05, 3.63) is 83.8 Å². The Morgan fingerprint density at radius 1 is 0.970 bits per heavy atom. The van der Waals surface area contributed by atoms with Gasteiger partial charge in [0.25, 0.3) is 5.91 Å². The number of carbonyl (C=O) groups excluding carboxylic acids is 2. The molecular formula is C25H24N4O4. The van der Waals surface area contributed by atoms with Crippen LogP contribution in [-0.4, -0.2) is 28.3 Å². The molecule has 0 saturated carbocycles. The second-order valence-electron chi connectivity index (χ2n) is 7.57. The summed E-state index contributed by atoms with van der Waals surface area (Å²) in [7, 11) is 1.53. The number of pyridine rings is 1. The van der Waals surface area contributed by atoms with Crippen LogP contribution in [0.5, 0.6) is 11.5 Å². The van der Waals surface area contributed by atoms with E-state index < -0.39 is 0 Å². The fourth-order valence-corrected chi connectivity index (χ4v) is 3.36. The first-order chi connectivity index (χ1) is 15.9. The lowest BCUT2D eigenvalue weighted by molar-refractivity contribution is -0.114. The van der Waals surface area contributed by atoms with Crippen LogP contribution in [-0.2, 0) is 11.4 Å². The number of amides is 2. The molecule has 0 aliphatic rings. The van der Waals surface area contributed by atoms with Crippen LogP contribution in [0.15, 0.2) is 67.0 Å². The van der Waals surface area contributed by atoms with Crippen molar-refractivity contribution >= 4 is 28.8 Å². The number of imidazole rings is 1. The average Bonchev–Trinajstić information content (AvgIpc) is 3.20. The summed E-state index contributed by atoms with van der Waals surface area (Å²) in [5.41, 5.74) is 4.10. The van der Waals surface area contributed by atoms with Gasteiger partial charge in [0.05, 0.1) is 24.2 Å². The summed E-state index contributed by atoms with van der Waals surface area (Å²) in [5, 5.41) is 5.53. The Labute approximate surface area is 191 Å². The van der Waals surface area contributed by atoms with Gasteiger partial charge in [-0.15, -0.1) is 0 Å². The molecule has 4 rings (SSSR count). The summed E-state index contributed by atoms with van der Waals surface area (Å²) in [5.74, 6) is 0.513. The van der Waals surface area contributed by atoms with Crippen molar-refractivity contribution < 1.29 is 19.1 Å². The molecule has 2 aromatic heterocycles. The zero-order valence-electron chi connectivity index (χ0n) is 18.6. The second-order valence-corrected chi connectivity index (χ2v) is 7.57. The van der Waals surface area contributed by atoms with Gasteiger partial charge in [-0.2, -0.15) is 0 Å². The van der Waals surface area contributed by atoms with E-state index in [1.807, 2.05) is 35.9 Å². The van der Waals surface area contributed by atoms with E-state index in [9.17, 15) is 9.59 Å². The SMILES string of the molecule is COc1ccc(NC(C)=O)c(NC(=O)c2cccc(OCc3cn4cc(C)ccc4n3)c2)c1. The third-order valence-corrected chi connectivity index (χ3v) is 4.92.